The van der Waals surface area contributed by atoms with Gasteiger partial charge in [0.25, 0.3) is 0 Å². The Morgan fingerprint density at radius 1 is 0.562 bits per heavy atom. The number of fused-ring (bicyclic) bond motifs is 2. The van der Waals surface area contributed by atoms with Crippen LogP contribution in [0.3, 0.4) is 0 Å². The maximum absolute atomic E-state index is 13.4. The Hall–Kier alpha value is -1.78. The number of hydrogen-bond donors (Lipinski definition) is 0. The van der Waals surface area contributed by atoms with Gasteiger partial charge in [-0.15, -0.1) is 0 Å². The van der Waals surface area contributed by atoms with E-state index in [1.54, 1.807) is 39.3 Å². The summed E-state index contributed by atoms with van der Waals surface area (Å²) in [6, 6.07) is 15.4. The first-order valence-electron chi connectivity index (χ1n) is 10.8. The molecule has 0 aliphatic heterocycles. The van der Waals surface area contributed by atoms with E-state index in [1.165, 1.54) is 0 Å². The first kappa shape index (κ1) is 24.9. The Bertz CT molecular complexity index is 1120. The van der Waals surface area contributed by atoms with E-state index >= 15 is 0 Å². The maximum Gasteiger partial charge on any atom is 0.354 e. The van der Waals surface area contributed by atoms with Gasteiger partial charge in [0.05, 0.1) is 26.4 Å². The zero-order valence-corrected chi connectivity index (χ0v) is 20.7. The van der Waals surface area contributed by atoms with Gasteiger partial charge in [0, 0.05) is 11.6 Å². The predicted molar refractivity (Wildman–Crippen MR) is 131 cm³/mol. The second kappa shape index (κ2) is 10.9. The second-order valence-electron chi connectivity index (χ2n) is 6.93. The molecule has 172 valence electrons. The van der Waals surface area contributed by atoms with Crippen molar-refractivity contribution in [3.63, 3.8) is 0 Å². The van der Waals surface area contributed by atoms with E-state index in [0.29, 0.717) is 0 Å². The standard InChI is InChI=1S/C24H30O6P2/c1-5-27-31(25,28-6-2)17-23-19-13-9-11-15-21(19)24(22-16-12-10-14-20(22)23)18-32(26,29-7-3)30-8-4/h9-18H,5-8H2,1-4H3. The molecule has 0 aliphatic carbocycles. The normalized spacial score (nSPS) is 12.4. The van der Waals surface area contributed by atoms with Gasteiger partial charge < -0.3 is 18.1 Å². The molecule has 0 saturated carbocycles. The maximum atomic E-state index is 13.4. The summed E-state index contributed by atoms with van der Waals surface area (Å²) in [5.74, 6) is 3.19. The van der Waals surface area contributed by atoms with Crippen molar-refractivity contribution in [2.45, 2.75) is 27.7 Å². The molecule has 0 N–H and O–H groups in total. The molecule has 0 amide bonds. The molecule has 32 heavy (non-hydrogen) atoms. The molecular weight excluding hydrogens is 446 g/mol. The molecule has 0 heterocycles. The summed E-state index contributed by atoms with van der Waals surface area (Å²) in [6.07, 6.45) is 0. The van der Waals surface area contributed by atoms with Gasteiger partial charge in [-0.3, -0.25) is 9.13 Å². The van der Waals surface area contributed by atoms with Gasteiger partial charge in [0.2, 0.25) is 0 Å². The zero-order chi connectivity index (χ0) is 23.2. The summed E-state index contributed by atoms with van der Waals surface area (Å²) in [4.78, 5) is 0. The van der Waals surface area contributed by atoms with Crippen molar-refractivity contribution in [1.82, 2.24) is 0 Å². The Morgan fingerprint density at radius 2 is 0.812 bits per heavy atom. The summed E-state index contributed by atoms with van der Waals surface area (Å²) in [7, 11) is -6.93. The molecule has 3 aromatic rings. The van der Waals surface area contributed by atoms with Crippen molar-refractivity contribution in [3.05, 3.63) is 59.0 Å². The minimum absolute atomic E-state index is 0.265. The molecule has 0 aromatic heterocycles. The lowest BCUT2D eigenvalue weighted by atomic mass is 9.99. The summed E-state index contributed by atoms with van der Waals surface area (Å²) >= 11 is 0. The molecule has 0 aliphatic rings. The summed E-state index contributed by atoms with van der Waals surface area (Å²) < 4.78 is 48.9. The van der Waals surface area contributed by atoms with Crippen LogP contribution in [0.25, 0.3) is 33.2 Å². The van der Waals surface area contributed by atoms with Gasteiger partial charge in [0.1, 0.15) is 0 Å². The van der Waals surface area contributed by atoms with Crippen molar-refractivity contribution in [3.8, 4) is 0 Å². The second-order valence-corrected chi connectivity index (χ2v) is 10.6. The molecule has 3 rings (SSSR count). The lowest BCUT2D eigenvalue weighted by Gasteiger charge is -2.16. The third-order valence-corrected chi connectivity index (χ3v) is 8.45. The third-order valence-electron chi connectivity index (χ3n) is 4.83. The summed E-state index contributed by atoms with van der Waals surface area (Å²) in [5.41, 5.74) is 0. The average molecular weight is 476 g/mol. The van der Waals surface area contributed by atoms with E-state index in [4.69, 9.17) is 18.1 Å². The van der Waals surface area contributed by atoms with Gasteiger partial charge in [-0.1, -0.05) is 48.5 Å². The Kier molecular flexibility index (Phi) is 8.46. The van der Waals surface area contributed by atoms with Crippen LogP contribution >= 0.6 is 15.2 Å². The van der Waals surface area contributed by atoms with E-state index in [9.17, 15) is 9.13 Å². The topological polar surface area (TPSA) is 71.1 Å². The fraction of sp³-hybridized carbons (Fsp3) is 0.333. The number of rotatable bonds is 10. The Labute approximate surface area is 188 Å². The average Bonchev–Trinajstić information content (AvgIpc) is 2.77. The quantitative estimate of drug-likeness (QED) is 0.264. The number of benzene rings is 3. The van der Waals surface area contributed by atoms with Crippen molar-refractivity contribution < 1.29 is 27.2 Å². The SMILES string of the molecule is CCOP(=O)(C=c1c2ccccc2c(=CP(=O)(OCC)OCC)c2ccccc12)OCC. The van der Waals surface area contributed by atoms with E-state index in [-0.39, 0.29) is 26.4 Å². The molecule has 0 fully saturated rings. The monoisotopic (exact) mass is 476 g/mol. The minimum Gasteiger partial charge on any atom is -0.306 e. The van der Waals surface area contributed by atoms with Crippen LogP contribution in [0.5, 0.6) is 0 Å². The van der Waals surface area contributed by atoms with Crippen LogP contribution in [0.4, 0.5) is 0 Å². The fourth-order valence-electron chi connectivity index (χ4n) is 3.73. The molecule has 0 radical (unpaired) electrons. The molecule has 3 aromatic carbocycles. The van der Waals surface area contributed by atoms with Gasteiger partial charge in [-0.2, -0.15) is 0 Å². The van der Waals surface area contributed by atoms with Crippen LogP contribution < -0.4 is 10.4 Å². The fourth-order valence-corrected chi connectivity index (χ4v) is 6.81. The molecule has 0 spiro atoms. The van der Waals surface area contributed by atoms with Gasteiger partial charge in [-0.05, 0) is 59.7 Å². The third kappa shape index (κ3) is 5.40. The van der Waals surface area contributed by atoms with Crippen molar-refractivity contribution in [2.24, 2.45) is 0 Å². The van der Waals surface area contributed by atoms with E-state index < -0.39 is 15.2 Å². The van der Waals surface area contributed by atoms with Gasteiger partial charge in [-0.25, -0.2) is 0 Å². The van der Waals surface area contributed by atoms with Crippen molar-refractivity contribution in [2.75, 3.05) is 26.4 Å². The highest BCUT2D eigenvalue weighted by molar-refractivity contribution is 7.63. The highest BCUT2D eigenvalue weighted by atomic mass is 31.2. The Balaban J connectivity index is 2.51. The largest absolute Gasteiger partial charge is 0.354 e. The minimum atomic E-state index is -3.47. The van der Waals surface area contributed by atoms with E-state index in [1.807, 2.05) is 48.5 Å². The van der Waals surface area contributed by atoms with E-state index in [0.717, 1.165) is 32.0 Å². The molecule has 0 bridgehead atoms. The van der Waals surface area contributed by atoms with Crippen LogP contribution in [-0.2, 0) is 27.2 Å². The molecule has 0 unspecified atom stereocenters. The molecule has 8 heteroatoms. The first-order chi connectivity index (χ1) is 15.4. The van der Waals surface area contributed by atoms with E-state index in [2.05, 4.69) is 0 Å². The molecular formula is C24H30O6P2. The summed E-state index contributed by atoms with van der Waals surface area (Å²) in [6.45, 7) is 8.20. The van der Waals surface area contributed by atoms with Crippen molar-refractivity contribution >= 4 is 48.4 Å². The molecule has 0 atom stereocenters. The van der Waals surface area contributed by atoms with Gasteiger partial charge >= 0.3 is 15.2 Å². The van der Waals surface area contributed by atoms with Gasteiger partial charge in [0.15, 0.2) is 0 Å². The molecule has 0 saturated heterocycles. The van der Waals surface area contributed by atoms with Crippen molar-refractivity contribution in [1.29, 1.82) is 0 Å². The highest BCUT2D eigenvalue weighted by Gasteiger charge is 2.23. The highest BCUT2D eigenvalue weighted by Crippen LogP contribution is 2.51. The van der Waals surface area contributed by atoms with Crippen LogP contribution in [0.2, 0.25) is 0 Å². The van der Waals surface area contributed by atoms with Crippen LogP contribution in [-0.4, -0.2) is 26.4 Å². The lowest BCUT2D eigenvalue weighted by Crippen LogP contribution is -2.16. The first-order valence-corrected chi connectivity index (χ1v) is 14.1. The van der Waals surface area contributed by atoms with Crippen LogP contribution in [0.15, 0.2) is 48.5 Å². The smallest absolute Gasteiger partial charge is 0.306 e. The predicted octanol–water partition coefficient (Wildman–Crippen LogP) is 6.00. The summed E-state index contributed by atoms with van der Waals surface area (Å²) in [5, 5.41) is 4.88. The van der Waals surface area contributed by atoms with Crippen LogP contribution in [0, 0.1) is 0 Å². The zero-order valence-electron chi connectivity index (χ0n) is 18.9. The number of hydrogen-bond acceptors (Lipinski definition) is 6. The Morgan fingerprint density at radius 3 is 1.03 bits per heavy atom. The van der Waals surface area contributed by atoms with Crippen LogP contribution in [0.1, 0.15) is 27.7 Å². The lowest BCUT2D eigenvalue weighted by molar-refractivity contribution is 0.231. The molecule has 6 nitrogen and oxygen atoms in total.